The third-order valence-corrected chi connectivity index (χ3v) is 4.11. The molecule has 1 aliphatic heterocycles. The number of nitrogens with one attached hydrogen (secondary N) is 1. The number of hydrogen-bond acceptors (Lipinski definition) is 2. The second-order valence-electron chi connectivity index (χ2n) is 5.47. The van der Waals surface area contributed by atoms with Crippen LogP contribution in [0.4, 0.5) is 0 Å². The van der Waals surface area contributed by atoms with Gasteiger partial charge in [0.1, 0.15) is 0 Å². The van der Waals surface area contributed by atoms with Crippen molar-refractivity contribution >= 4 is 0 Å². The summed E-state index contributed by atoms with van der Waals surface area (Å²) in [6.45, 7) is 6.95. The van der Waals surface area contributed by atoms with Crippen LogP contribution in [0.3, 0.4) is 0 Å². The monoisotopic (exact) mass is 223 g/mol. The van der Waals surface area contributed by atoms with Gasteiger partial charge in [0.05, 0.1) is 5.60 Å². The molecule has 1 spiro atoms. The fourth-order valence-electron chi connectivity index (χ4n) is 3.15. The van der Waals surface area contributed by atoms with Crippen molar-refractivity contribution in [2.75, 3.05) is 6.61 Å². The van der Waals surface area contributed by atoms with Crippen LogP contribution in [0.25, 0.3) is 0 Å². The van der Waals surface area contributed by atoms with Crippen LogP contribution in [-0.4, -0.2) is 24.3 Å². The summed E-state index contributed by atoms with van der Waals surface area (Å²) in [4.78, 5) is 0. The van der Waals surface area contributed by atoms with Crippen molar-refractivity contribution in [1.29, 1.82) is 0 Å². The Balaban J connectivity index is 1.90. The molecule has 2 unspecified atom stereocenters. The highest BCUT2D eigenvalue weighted by molar-refractivity contribution is 4.94. The summed E-state index contributed by atoms with van der Waals surface area (Å²) in [6.07, 6.45) is 11.0. The quantitative estimate of drug-likeness (QED) is 0.743. The average molecular weight is 223 g/mol. The highest BCUT2D eigenvalue weighted by atomic mass is 16.5. The molecule has 2 aliphatic rings. The summed E-state index contributed by atoms with van der Waals surface area (Å²) >= 11 is 0. The molecule has 0 aromatic rings. The normalized spacial score (nSPS) is 31.2. The van der Waals surface area contributed by atoms with Crippen LogP contribution >= 0.6 is 0 Å². The molecule has 0 amide bonds. The molecule has 2 rings (SSSR count). The molecule has 2 nitrogen and oxygen atoms in total. The Labute approximate surface area is 99.4 Å². The van der Waals surface area contributed by atoms with Gasteiger partial charge in [0.25, 0.3) is 0 Å². The van der Waals surface area contributed by atoms with E-state index in [0.29, 0.717) is 12.1 Å². The highest BCUT2D eigenvalue weighted by Crippen LogP contribution is 2.38. The number of hydrogen-bond donors (Lipinski definition) is 1. The van der Waals surface area contributed by atoms with Gasteiger partial charge in [-0.3, -0.25) is 0 Å². The van der Waals surface area contributed by atoms with Gasteiger partial charge in [-0.15, -0.1) is 6.58 Å². The first kappa shape index (κ1) is 12.1. The molecule has 92 valence electrons. The SMILES string of the molecule is C=CC(C)NC1CCOC2(CCCCC2)C1. The van der Waals surface area contributed by atoms with Gasteiger partial charge >= 0.3 is 0 Å². The van der Waals surface area contributed by atoms with Crippen molar-refractivity contribution in [3.8, 4) is 0 Å². The summed E-state index contributed by atoms with van der Waals surface area (Å²) in [5, 5.41) is 3.64. The van der Waals surface area contributed by atoms with Gasteiger partial charge in [0, 0.05) is 18.7 Å². The molecule has 0 aromatic carbocycles. The predicted octanol–water partition coefficient (Wildman–Crippen LogP) is 3.03. The average Bonchev–Trinajstić information content (AvgIpc) is 2.30. The fourth-order valence-corrected chi connectivity index (χ4v) is 3.15. The minimum absolute atomic E-state index is 0.217. The predicted molar refractivity (Wildman–Crippen MR) is 67.6 cm³/mol. The van der Waals surface area contributed by atoms with E-state index in [9.17, 15) is 0 Å². The summed E-state index contributed by atoms with van der Waals surface area (Å²) < 4.78 is 6.09. The van der Waals surface area contributed by atoms with Crippen molar-refractivity contribution in [2.24, 2.45) is 0 Å². The molecule has 0 aromatic heterocycles. The van der Waals surface area contributed by atoms with E-state index in [-0.39, 0.29) is 5.60 Å². The van der Waals surface area contributed by atoms with Crippen LogP contribution in [-0.2, 0) is 4.74 Å². The third-order valence-electron chi connectivity index (χ3n) is 4.11. The molecule has 1 saturated carbocycles. The van der Waals surface area contributed by atoms with Crippen molar-refractivity contribution in [3.63, 3.8) is 0 Å². The molecular weight excluding hydrogens is 198 g/mol. The Morgan fingerprint density at radius 3 is 2.81 bits per heavy atom. The van der Waals surface area contributed by atoms with Crippen LogP contribution in [0.2, 0.25) is 0 Å². The Bertz CT molecular complexity index is 227. The van der Waals surface area contributed by atoms with Gasteiger partial charge in [-0.05, 0) is 32.6 Å². The van der Waals surface area contributed by atoms with E-state index < -0.39 is 0 Å². The standard InChI is InChI=1S/C14H25NO/c1-3-12(2)15-13-7-10-16-14(11-13)8-5-4-6-9-14/h3,12-13,15H,1,4-11H2,2H3. The Hall–Kier alpha value is -0.340. The topological polar surface area (TPSA) is 21.3 Å². The largest absolute Gasteiger partial charge is 0.375 e. The number of ether oxygens (including phenoxy) is 1. The molecule has 1 N–H and O–H groups in total. The first-order chi connectivity index (χ1) is 7.74. The van der Waals surface area contributed by atoms with Crippen LogP contribution in [0.15, 0.2) is 12.7 Å². The van der Waals surface area contributed by atoms with Gasteiger partial charge in [-0.25, -0.2) is 0 Å². The van der Waals surface area contributed by atoms with Gasteiger partial charge in [0.2, 0.25) is 0 Å². The molecule has 1 aliphatic carbocycles. The first-order valence-electron chi connectivity index (χ1n) is 6.77. The first-order valence-corrected chi connectivity index (χ1v) is 6.77. The van der Waals surface area contributed by atoms with E-state index in [0.717, 1.165) is 13.0 Å². The maximum Gasteiger partial charge on any atom is 0.0697 e. The summed E-state index contributed by atoms with van der Waals surface area (Å²) in [6, 6.07) is 1.04. The lowest BCUT2D eigenvalue weighted by atomic mass is 9.78. The molecule has 0 radical (unpaired) electrons. The van der Waals surface area contributed by atoms with Gasteiger partial charge in [0.15, 0.2) is 0 Å². The second kappa shape index (κ2) is 5.33. The molecule has 16 heavy (non-hydrogen) atoms. The minimum atomic E-state index is 0.217. The smallest absolute Gasteiger partial charge is 0.0697 e. The van der Waals surface area contributed by atoms with E-state index in [4.69, 9.17) is 4.74 Å². The minimum Gasteiger partial charge on any atom is -0.375 e. The van der Waals surface area contributed by atoms with Crippen molar-refractivity contribution in [3.05, 3.63) is 12.7 Å². The zero-order chi connectivity index (χ0) is 11.4. The molecule has 0 bridgehead atoms. The summed E-state index contributed by atoms with van der Waals surface area (Å²) in [7, 11) is 0. The molecule has 1 heterocycles. The maximum absolute atomic E-state index is 6.09. The fraction of sp³-hybridized carbons (Fsp3) is 0.857. The van der Waals surface area contributed by atoms with Gasteiger partial charge < -0.3 is 10.1 Å². The van der Waals surface area contributed by atoms with Crippen molar-refractivity contribution in [1.82, 2.24) is 5.32 Å². The summed E-state index contributed by atoms with van der Waals surface area (Å²) in [5.74, 6) is 0. The lowest BCUT2D eigenvalue weighted by Gasteiger charge is -2.44. The van der Waals surface area contributed by atoms with E-state index in [2.05, 4.69) is 18.8 Å². The lowest BCUT2D eigenvalue weighted by Crippen LogP contribution is -2.49. The second-order valence-corrected chi connectivity index (χ2v) is 5.47. The van der Waals surface area contributed by atoms with Crippen molar-refractivity contribution in [2.45, 2.75) is 69.6 Å². The van der Waals surface area contributed by atoms with Crippen LogP contribution in [0.1, 0.15) is 51.9 Å². The van der Waals surface area contributed by atoms with Crippen LogP contribution < -0.4 is 5.32 Å². The molecule has 2 fully saturated rings. The van der Waals surface area contributed by atoms with E-state index >= 15 is 0 Å². The maximum atomic E-state index is 6.09. The van der Waals surface area contributed by atoms with Gasteiger partial charge in [-0.1, -0.05) is 25.3 Å². The zero-order valence-corrected chi connectivity index (χ0v) is 10.5. The van der Waals surface area contributed by atoms with E-state index in [1.807, 2.05) is 6.08 Å². The number of rotatable bonds is 3. The zero-order valence-electron chi connectivity index (χ0n) is 10.5. The molecule has 2 atom stereocenters. The highest BCUT2D eigenvalue weighted by Gasteiger charge is 2.38. The molecular formula is C14H25NO. The Kier molecular flexibility index (Phi) is 4.04. The molecule has 2 heteroatoms. The molecule has 1 saturated heterocycles. The van der Waals surface area contributed by atoms with Crippen LogP contribution in [0, 0.1) is 0 Å². The van der Waals surface area contributed by atoms with Crippen LogP contribution in [0.5, 0.6) is 0 Å². The van der Waals surface area contributed by atoms with E-state index in [1.165, 1.54) is 38.5 Å². The van der Waals surface area contributed by atoms with Gasteiger partial charge in [-0.2, -0.15) is 0 Å². The van der Waals surface area contributed by atoms with E-state index in [1.54, 1.807) is 0 Å². The summed E-state index contributed by atoms with van der Waals surface area (Å²) in [5.41, 5.74) is 0.217. The van der Waals surface area contributed by atoms with Crippen molar-refractivity contribution < 1.29 is 4.74 Å². The lowest BCUT2D eigenvalue weighted by molar-refractivity contribution is -0.109. The third kappa shape index (κ3) is 2.86. The Morgan fingerprint density at radius 1 is 1.38 bits per heavy atom. The Morgan fingerprint density at radius 2 is 2.12 bits per heavy atom.